The fourth-order valence-electron chi connectivity index (χ4n) is 1.80. The zero-order valence-electron chi connectivity index (χ0n) is 10.7. The number of carbonyl (C=O) groups is 1. The molecule has 104 valence electrons. The van der Waals surface area contributed by atoms with Crippen LogP contribution < -0.4 is 10.6 Å². The first-order valence-corrected chi connectivity index (χ1v) is 6.97. The molecule has 1 aromatic carbocycles. The van der Waals surface area contributed by atoms with Crippen LogP contribution in [0.3, 0.4) is 0 Å². The number of hydrogen-bond acceptors (Lipinski definition) is 2. The normalized spacial score (nSPS) is 14.4. The molecule has 0 bridgehead atoms. The van der Waals surface area contributed by atoms with Crippen molar-refractivity contribution in [2.24, 2.45) is 0 Å². The SMILES string of the molecule is O=C(CCCNCc1cc(Cl)ccc1F)NC1CC1. The van der Waals surface area contributed by atoms with Crippen molar-refractivity contribution < 1.29 is 9.18 Å². The minimum Gasteiger partial charge on any atom is -0.353 e. The predicted octanol–water partition coefficient (Wildman–Crippen LogP) is 2.63. The van der Waals surface area contributed by atoms with E-state index in [1.54, 1.807) is 6.07 Å². The van der Waals surface area contributed by atoms with E-state index in [2.05, 4.69) is 10.6 Å². The Bertz CT molecular complexity index is 449. The van der Waals surface area contributed by atoms with Crippen molar-refractivity contribution in [2.45, 2.75) is 38.3 Å². The van der Waals surface area contributed by atoms with E-state index in [9.17, 15) is 9.18 Å². The lowest BCUT2D eigenvalue weighted by Gasteiger charge is -2.07. The van der Waals surface area contributed by atoms with Gasteiger partial charge in [0, 0.05) is 29.6 Å². The van der Waals surface area contributed by atoms with E-state index in [0.717, 1.165) is 19.3 Å². The summed E-state index contributed by atoms with van der Waals surface area (Å²) >= 11 is 5.81. The van der Waals surface area contributed by atoms with Crippen LogP contribution >= 0.6 is 11.6 Å². The number of benzene rings is 1. The van der Waals surface area contributed by atoms with Crippen molar-refractivity contribution in [2.75, 3.05) is 6.54 Å². The van der Waals surface area contributed by atoms with Gasteiger partial charge in [0.05, 0.1) is 0 Å². The van der Waals surface area contributed by atoms with Gasteiger partial charge in [0.15, 0.2) is 0 Å². The highest BCUT2D eigenvalue weighted by Gasteiger charge is 2.22. The summed E-state index contributed by atoms with van der Waals surface area (Å²) < 4.78 is 13.4. The highest BCUT2D eigenvalue weighted by molar-refractivity contribution is 6.30. The van der Waals surface area contributed by atoms with Crippen molar-refractivity contribution in [1.82, 2.24) is 10.6 Å². The van der Waals surface area contributed by atoms with Crippen molar-refractivity contribution in [3.05, 3.63) is 34.6 Å². The Morgan fingerprint density at radius 3 is 2.95 bits per heavy atom. The first kappa shape index (κ1) is 14.3. The molecule has 1 amide bonds. The average molecular weight is 285 g/mol. The second kappa shape index (κ2) is 6.87. The zero-order chi connectivity index (χ0) is 13.7. The molecule has 0 aliphatic heterocycles. The maximum atomic E-state index is 13.4. The Kier molecular flexibility index (Phi) is 5.16. The summed E-state index contributed by atoms with van der Waals surface area (Å²) in [6, 6.07) is 4.93. The fourth-order valence-corrected chi connectivity index (χ4v) is 2.00. The third-order valence-electron chi connectivity index (χ3n) is 3.02. The van der Waals surface area contributed by atoms with E-state index in [4.69, 9.17) is 11.6 Å². The van der Waals surface area contributed by atoms with E-state index in [1.165, 1.54) is 12.1 Å². The van der Waals surface area contributed by atoms with Gasteiger partial charge in [-0.25, -0.2) is 4.39 Å². The molecular weight excluding hydrogens is 267 g/mol. The molecule has 0 unspecified atom stereocenters. The molecule has 0 heterocycles. The van der Waals surface area contributed by atoms with E-state index < -0.39 is 0 Å². The molecular formula is C14H18ClFN2O. The Balaban J connectivity index is 1.60. The average Bonchev–Trinajstić information content (AvgIpc) is 3.17. The van der Waals surface area contributed by atoms with E-state index in [0.29, 0.717) is 36.1 Å². The van der Waals surface area contributed by atoms with Crippen LogP contribution in [0.25, 0.3) is 0 Å². The van der Waals surface area contributed by atoms with Crippen molar-refractivity contribution in [3.63, 3.8) is 0 Å². The minimum atomic E-state index is -0.261. The van der Waals surface area contributed by atoms with Crippen LogP contribution in [0.4, 0.5) is 4.39 Å². The molecule has 19 heavy (non-hydrogen) atoms. The van der Waals surface area contributed by atoms with Crippen LogP contribution in [0.5, 0.6) is 0 Å². The van der Waals surface area contributed by atoms with E-state index in [-0.39, 0.29) is 11.7 Å². The summed E-state index contributed by atoms with van der Waals surface area (Å²) in [5.41, 5.74) is 0.551. The van der Waals surface area contributed by atoms with Gasteiger partial charge in [0.1, 0.15) is 5.82 Å². The Hall–Kier alpha value is -1.13. The topological polar surface area (TPSA) is 41.1 Å². The number of nitrogens with one attached hydrogen (secondary N) is 2. The summed E-state index contributed by atoms with van der Waals surface area (Å²) in [5, 5.41) is 6.58. The van der Waals surface area contributed by atoms with Crippen LogP contribution in [-0.4, -0.2) is 18.5 Å². The van der Waals surface area contributed by atoms with Crippen LogP contribution in [0.15, 0.2) is 18.2 Å². The fraction of sp³-hybridized carbons (Fsp3) is 0.500. The minimum absolute atomic E-state index is 0.109. The third-order valence-corrected chi connectivity index (χ3v) is 3.26. The molecule has 1 saturated carbocycles. The van der Waals surface area contributed by atoms with Gasteiger partial charge in [0.25, 0.3) is 0 Å². The molecule has 5 heteroatoms. The smallest absolute Gasteiger partial charge is 0.220 e. The molecule has 1 aliphatic rings. The van der Waals surface area contributed by atoms with Gasteiger partial charge >= 0.3 is 0 Å². The maximum absolute atomic E-state index is 13.4. The predicted molar refractivity (Wildman–Crippen MR) is 73.5 cm³/mol. The number of amides is 1. The summed E-state index contributed by atoms with van der Waals surface area (Å²) in [7, 11) is 0. The molecule has 0 spiro atoms. The second-order valence-electron chi connectivity index (χ2n) is 4.86. The van der Waals surface area contributed by atoms with Crippen LogP contribution in [0.2, 0.25) is 5.02 Å². The molecule has 3 nitrogen and oxygen atoms in total. The number of carbonyl (C=O) groups excluding carboxylic acids is 1. The lowest BCUT2D eigenvalue weighted by atomic mass is 10.2. The number of rotatable bonds is 7. The van der Waals surface area contributed by atoms with Gasteiger partial charge in [-0.05, 0) is 44.0 Å². The van der Waals surface area contributed by atoms with Gasteiger partial charge in [-0.15, -0.1) is 0 Å². The van der Waals surface area contributed by atoms with Crippen LogP contribution in [0, 0.1) is 5.82 Å². The molecule has 2 N–H and O–H groups in total. The van der Waals surface area contributed by atoms with Gasteiger partial charge < -0.3 is 10.6 Å². The highest BCUT2D eigenvalue weighted by atomic mass is 35.5. The monoisotopic (exact) mass is 284 g/mol. The van der Waals surface area contributed by atoms with E-state index in [1.807, 2.05) is 0 Å². The first-order chi connectivity index (χ1) is 9.15. The molecule has 0 radical (unpaired) electrons. The molecule has 1 fully saturated rings. The molecule has 0 aromatic heterocycles. The van der Waals surface area contributed by atoms with Crippen molar-refractivity contribution >= 4 is 17.5 Å². The Labute approximate surface area is 117 Å². The van der Waals surface area contributed by atoms with Gasteiger partial charge in [-0.1, -0.05) is 11.6 Å². The quantitative estimate of drug-likeness (QED) is 0.756. The summed E-state index contributed by atoms with van der Waals surface area (Å²) in [6.07, 6.45) is 3.48. The molecule has 1 aromatic rings. The zero-order valence-corrected chi connectivity index (χ0v) is 11.5. The lowest BCUT2D eigenvalue weighted by Crippen LogP contribution is -2.26. The molecule has 0 saturated heterocycles. The Morgan fingerprint density at radius 2 is 2.21 bits per heavy atom. The summed E-state index contributed by atoms with van der Waals surface area (Å²) in [5.74, 6) is -0.151. The van der Waals surface area contributed by atoms with Gasteiger partial charge in [-0.2, -0.15) is 0 Å². The Morgan fingerprint density at radius 1 is 1.42 bits per heavy atom. The highest BCUT2D eigenvalue weighted by Crippen LogP contribution is 2.18. The molecule has 2 rings (SSSR count). The van der Waals surface area contributed by atoms with Crippen LogP contribution in [0.1, 0.15) is 31.2 Å². The largest absolute Gasteiger partial charge is 0.353 e. The third kappa shape index (κ3) is 5.17. The summed E-state index contributed by atoms with van der Waals surface area (Å²) in [6.45, 7) is 1.11. The van der Waals surface area contributed by atoms with E-state index >= 15 is 0 Å². The summed E-state index contributed by atoms with van der Waals surface area (Å²) in [4.78, 5) is 11.4. The van der Waals surface area contributed by atoms with Gasteiger partial charge in [0.2, 0.25) is 5.91 Å². The second-order valence-corrected chi connectivity index (χ2v) is 5.29. The molecule has 0 atom stereocenters. The lowest BCUT2D eigenvalue weighted by molar-refractivity contribution is -0.121. The first-order valence-electron chi connectivity index (χ1n) is 6.59. The standard InChI is InChI=1S/C14H18ClFN2O/c15-11-3-6-13(16)10(8-11)9-17-7-1-2-14(19)18-12-4-5-12/h3,6,8,12,17H,1-2,4-5,7,9H2,(H,18,19). The molecule has 1 aliphatic carbocycles. The number of halogens is 2. The van der Waals surface area contributed by atoms with Crippen molar-refractivity contribution in [3.8, 4) is 0 Å². The van der Waals surface area contributed by atoms with Crippen LogP contribution in [-0.2, 0) is 11.3 Å². The number of hydrogen-bond donors (Lipinski definition) is 2. The maximum Gasteiger partial charge on any atom is 0.220 e. The van der Waals surface area contributed by atoms with Gasteiger partial charge in [-0.3, -0.25) is 4.79 Å². The van der Waals surface area contributed by atoms with Crippen molar-refractivity contribution in [1.29, 1.82) is 0 Å².